The van der Waals surface area contributed by atoms with Gasteiger partial charge in [0.25, 0.3) is 0 Å². The number of hydrogen-bond donors (Lipinski definition) is 7. The average molecular weight is 645 g/mol. The zero-order valence-corrected chi connectivity index (χ0v) is 27.1. The van der Waals surface area contributed by atoms with Crippen molar-refractivity contribution in [2.45, 2.75) is 71.9 Å². The van der Waals surface area contributed by atoms with Crippen molar-refractivity contribution in [2.24, 2.45) is 11.3 Å². The molecule has 0 bridgehead atoms. The van der Waals surface area contributed by atoms with E-state index < -0.39 is 41.9 Å². The number of anilines is 2. The second kappa shape index (κ2) is 17.3. The SMILES string of the molecule is CC(C)CC(C(=O)NC(CCSCC(NC(=O)CC(C)(C)C)C(=O)O)C(=O)O)c1ccc(NC(=O)Nc2ccc(O)cc2)cc1. The van der Waals surface area contributed by atoms with Crippen LogP contribution in [-0.2, 0) is 19.2 Å². The van der Waals surface area contributed by atoms with Gasteiger partial charge in [-0.15, -0.1) is 0 Å². The molecule has 7 N–H and O–H groups in total. The number of carboxylic acids is 2. The largest absolute Gasteiger partial charge is 0.508 e. The topological polar surface area (TPSA) is 194 Å². The molecule has 0 saturated carbocycles. The molecule has 12 nitrogen and oxygen atoms in total. The summed E-state index contributed by atoms with van der Waals surface area (Å²) in [6.45, 7) is 9.52. The van der Waals surface area contributed by atoms with Gasteiger partial charge in [0.05, 0.1) is 5.92 Å². The van der Waals surface area contributed by atoms with Crippen LogP contribution in [0.1, 0.15) is 65.4 Å². The molecule has 2 aromatic carbocycles. The molecule has 0 aliphatic rings. The molecule has 0 aromatic heterocycles. The number of aliphatic carboxylic acids is 2. The molecular weight excluding hydrogens is 600 g/mol. The van der Waals surface area contributed by atoms with Crippen molar-refractivity contribution in [2.75, 3.05) is 22.1 Å². The third-order valence-corrected chi connectivity index (χ3v) is 7.59. The molecule has 2 rings (SSSR count). The fraction of sp³-hybridized carbons (Fsp3) is 0.469. The predicted molar refractivity (Wildman–Crippen MR) is 175 cm³/mol. The third kappa shape index (κ3) is 13.9. The van der Waals surface area contributed by atoms with Gasteiger partial charge in [0.2, 0.25) is 11.8 Å². The van der Waals surface area contributed by atoms with Gasteiger partial charge in [-0.25, -0.2) is 14.4 Å². The van der Waals surface area contributed by atoms with Crippen molar-refractivity contribution in [1.82, 2.24) is 10.6 Å². The van der Waals surface area contributed by atoms with Gasteiger partial charge in [-0.05, 0) is 71.9 Å². The highest BCUT2D eigenvalue weighted by atomic mass is 32.2. The maximum Gasteiger partial charge on any atom is 0.327 e. The number of hydrogen-bond acceptors (Lipinski definition) is 7. The molecule has 3 unspecified atom stereocenters. The van der Waals surface area contributed by atoms with Crippen LogP contribution in [0.15, 0.2) is 48.5 Å². The molecule has 2 aromatic rings. The molecule has 0 spiro atoms. The minimum absolute atomic E-state index is 0.0504. The van der Waals surface area contributed by atoms with E-state index in [4.69, 9.17) is 0 Å². The normalized spacial score (nSPS) is 13.3. The first-order valence-electron chi connectivity index (χ1n) is 14.6. The molecule has 0 saturated heterocycles. The Morgan fingerprint density at radius 3 is 1.82 bits per heavy atom. The summed E-state index contributed by atoms with van der Waals surface area (Å²) in [6.07, 6.45) is 0.679. The van der Waals surface area contributed by atoms with E-state index in [0.29, 0.717) is 23.4 Å². The van der Waals surface area contributed by atoms with Crippen LogP contribution in [0.5, 0.6) is 5.75 Å². The fourth-order valence-corrected chi connectivity index (χ4v) is 5.37. The lowest BCUT2D eigenvalue weighted by molar-refractivity contribution is -0.142. The second-order valence-corrected chi connectivity index (χ2v) is 13.5. The number of carbonyl (C=O) groups is 5. The van der Waals surface area contributed by atoms with E-state index in [0.717, 1.165) is 0 Å². The lowest BCUT2D eigenvalue weighted by Gasteiger charge is -2.23. The number of benzene rings is 2. The number of urea groups is 1. The summed E-state index contributed by atoms with van der Waals surface area (Å²) in [6, 6.07) is 9.91. The highest BCUT2D eigenvalue weighted by molar-refractivity contribution is 7.99. The van der Waals surface area contributed by atoms with E-state index >= 15 is 0 Å². The van der Waals surface area contributed by atoms with Crippen LogP contribution in [0.4, 0.5) is 16.2 Å². The summed E-state index contributed by atoms with van der Waals surface area (Å²) in [5, 5.41) is 39.2. The van der Waals surface area contributed by atoms with E-state index in [1.807, 2.05) is 34.6 Å². The van der Waals surface area contributed by atoms with E-state index in [-0.39, 0.29) is 47.3 Å². The molecular formula is C32H44N4O8S. The Bertz CT molecular complexity index is 1310. The monoisotopic (exact) mass is 644 g/mol. The molecule has 0 fully saturated rings. The van der Waals surface area contributed by atoms with Gasteiger partial charge in [-0.2, -0.15) is 11.8 Å². The van der Waals surface area contributed by atoms with Gasteiger partial charge in [0, 0.05) is 23.5 Å². The molecule has 4 amide bonds. The molecule has 3 atom stereocenters. The molecule has 246 valence electrons. The van der Waals surface area contributed by atoms with Crippen molar-refractivity contribution >= 4 is 52.9 Å². The van der Waals surface area contributed by atoms with Gasteiger partial charge < -0.3 is 36.6 Å². The molecule has 0 radical (unpaired) electrons. The Morgan fingerprint density at radius 1 is 0.800 bits per heavy atom. The van der Waals surface area contributed by atoms with Crippen molar-refractivity contribution in [3.63, 3.8) is 0 Å². The number of amides is 4. The summed E-state index contributed by atoms with van der Waals surface area (Å²) in [5.41, 5.74) is 1.32. The van der Waals surface area contributed by atoms with Crippen LogP contribution >= 0.6 is 11.8 Å². The van der Waals surface area contributed by atoms with Gasteiger partial charge in [-0.3, -0.25) is 9.59 Å². The molecule has 0 aliphatic heterocycles. The number of phenolic OH excluding ortho intramolecular Hbond substituents is 1. The number of rotatable bonds is 16. The molecule has 45 heavy (non-hydrogen) atoms. The fourth-order valence-electron chi connectivity index (χ4n) is 4.34. The summed E-state index contributed by atoms with van der Waals surface area (Å²) in [7, 11) is 0. The predicted octanol–water partition coefficient (Wildman–Crippen LogP) is 4.86. The molecule has 13 heteroatoms. The van der Waals surface area contributed by atoms with E-state index in [1.54, 1.807) is 36.4 Å². The Balaban J connectivity index is 1.98. The number of phenols is 1. The summed E-state index contributed by atoms with van der Waals surface area (Å²) in [5.74, 6) is -3.36. The molecule has 0 heterocycles. The van der Waals surface area contributed by atoms with Crippen LogP contribution in [0, 0.1) is 11.3 Å². The number of nitrogens with one attached hydrogen (secondary N) is 4. The lowest BCUT2D eigenvalue weighted by Crippen LogP contribution is -2.44. The standard InChI is InChI=1S/C32H44N4O8S/c1-19(2)16-24(20-6-8-21(9-7-20)33-31(44)34-22-10-12-23(37)13-11-22)28(39)36-25(29(40)41)14-15-45-18-26(30(42)43)35-27(38)17-32(3,4)5/h6-13,19,24-26,37H,14-18H2,1-5H3,(H,35,38)(H,36,39)(H,40,41)(H,42,43)(H2,33,34,44). The van der Waals surface area contributed by atoms with Crippen molar-refractivity contribution in [3.8, 4) is 5.75 Å². The zero-order chi connectivity index (χ0) is 33.7. The van der Waals surface area contributed by atoms with Crippen molar-refractivity contribution in [3.05, 3.63) is 54.1 Å². The minimum atomic E-state index is -1.21. The smallest absolute Gasteiger partial charge is 0.327 e. The highest BCUT2D eigenvalue weighted by Crippen LogP contribution is 2.26. The van der Waals surface area contributed by atoms with Crippen LogP contribution in [0.2, 0.25) is 0 Å². The van der Waals surface area contributed by atoms with Crippen molar-refractivity contribution < 1.29 is 39.3 Å². The van der Waals surface area contributed by atoms with Gasteiger partial charge in [-0.1, -0.05) is 46.8 Å². The van der Waals surface area contributed by atoms with Gasteiger partial charge in [0.15, 0.2) is 0 Å². The minimum Gasteiger partial charge on any atom is -0.508 e. The average Bonchev–Trinajstić information content (AvgIpc) is 2.93. The Morgan fingerprint density at radius 2 is 1.33 bits per heavy atom. The summed E-state index contributed by atoms with van der Waals surface area (Å²) < 4.78 is 0. The Kier molecular flexibility index (Phi) is 14.2. The van der Waals surface area contributed by atoms with E-state index in [9.17, 15) is 39.3 Å². The number of carboxylic acid groups (broad SMARTS) is 2. The Labute approximate surface area is 267 Å². The van der Waals surface area contributed by atoms with Gasteiger partial charge in [0.1, 0.15) is 17.8 Å². The van der Waals surface area contributed by atoms with E-state index in [2.05, 4.69) is 21.3 Å². The summed E-state index contributed by atoms with van der Waals surface area (Å²) >= 11 is 1.18. The van der Waals surface area contributed by atoms with E-state index in [1.165, 1.54) is 23.9 Å². The lowest BCUT2D eigenvalue weighted by atomic mass is 9.89. The second-order valence-electron chi connectivity index (χ2n) is 12.4. The van der Waals surface area contributed by atoms with Crippen LogP contribution in [0.3, 0.4) is 0 Å². The maximum absolute atomic E-state index is 13.3. The van der Waals surface area contributed by atoms with Crippen LogP contribution in [-0.4, -0.2) is 68.7 Å². The first kappa shape index (κ1) is 36.9. The Hall–Kier alpha value is -4.26. The number of aromatic hydroxyl groups is 1. The summed E-state index contributed by atoms with van der Waals surface area (Å²) in [4.78, 5) is 61.5. The van der Waals surface area contributed by atoms with Gasteiger partial charge >= 0.3 is 18.0 Å². The zero-order valence-electron chi connectivity index (χ0n) is 26.3. The molecule has 0 aliphatic carbocycles. The van der Waals surface area contributed by atoms with Crippen LogP contribution < -0.4 is 21.3 Å². The first-order chi connectivity index (χ1) is 21.0. The third-order valence-electron chi connectivity index (χ3n) is 6.49. The van der Waals surface area contributed by atoms with Crippen molar-refractivity contribution in [1.29, 1.82) is 0 Å². The maximum atomic E-state index is 13.3. The highest BCUT2D eigenvalue weighted by Gasteiger charge is 2.28. The number of thioether (sulfide) groups is 1. The first-order valence-corrected chi connectivity index (χ1v) is 15.8. The quantitative estimate of drug-likeness (QED) is 0.0986. The van der Waals surface area contributed by atoms with Crippen LogP contribution in [0.25, 0.3) is 0 Å². The number of carbonyl (C=O) groups excluding carboxylic acids is 3.